The Morgan fingerprint density at radius 1 is 0.286 bits per heavy atom. The molecule has 0 fully saturated rings. The summed E-state index contributed by atoms with van der Waals surface area (Å²) in [6.07, 6.45) is 0. The van der Waals surface area contributed by atoms with Gasteiger partial charge in [-0.25, -0.2) is 0 Å². The lowest BCUT2D eigenvalue weighted by Gasteiger charge is -2.34. The lowest BCUT2D eigenvalue weighted by molar-refractivity contribution is 1.18. The van der Waals surface area contributed by atoms with Crippen molar-refractivity contribution < 1.29 is 0 Å². The van der Waals surface area contributed by atoms with E-state index in [1.54, 1.807) is 0 Å². The van der Waals surface area contributed by atoms with Crippen LogP contribution in [-0.4, -0.2) is 12.6 Å². The van der Waals surface area contributed by atoms with Crippen molar-refractivity contribution in [2.24, 2.45) is 0 Å². The van der Waals surface area contributed by atoms with Crippen molar-refractivity contribution in [3.8, 4) is 16.8 Å². The Kier molecular flexibility index (Phi) is 8.87. The number of rotatable bonds is 9. The minimum Gasteiger partial charge on any atom is -0.310 e. The van der Waals surface area contributed by atoms with Gasteiger partial charge in [0.05, 0.1) is 11.0 Å². The molecule has 0 bridgehead atoms. The van der Waals surface area contributed by atoms with Gasteiger partial charge in [-0.1, -0.05) is 200 Å². The fraction of sp³-hybridized carbons (Fsp3) is 0. The van der Waals surface area contributed by atoms with Crippen LogP contribution in [-0.2, 0) is 0 Å². The zero-order valence-electron chi connectivity index (χ0n) is 34.6. The number of aromatic nitrogens is 1. The number of anilines is 3. The van der Waals surface area contributed by atoms with Gasteiger partial charge in [0.15, 0.2) is 8.07 Å². The van der Waals surface area contributed by atoms with Crippen molar-refractivity contribution in [2.45, 2.75) is 0 Å². The Morgan fingerprint density at radius 2 is 0.778 bits per heavy atom. The highest BCUT2D eigenvalue weighted by Gasteiger charge is 2.41. The van der Waals surface area contributed by atoms with E-state index in [-0.39, 0.29) is 0 Å². The van der Waals surface area contributed by atoms with Crippen LogP contribution in [0.25, 0.3) is 60.2 Å². The van der Waals surface area contributed by atoms with Crippen molar-refractivity contribution >= 4 is 89.2 Å². The van der Waals surface area contributed by atoms with Crippen LogP contribution in [0.3, 0.4) is 0 Å². The average Bonchev–Trinajstić information content (AvgIpc) is 3.70. The van der Waals surface area contributed by atoms with Gasteiger partial charge in [-0.15, -0.1) is 0 Å². The van der Waals surface area contributed by atoms with Gasteiger partial charge in [0, 0.05) is 33.5 Å². The predicted octanol–water partition coefficient (Wildman–Crippen LogP) is 13.0. The normalized spacial score (nSPS) is 11.8. The SMILES string of the molecule is c1ccc(-c2ccc(N(c3ccc4cc([Si](c5ccccc5)(c5ccccc5)c5ccccc5)ccc4c3)c3cc4ccc5cccc6c5c4c(c3)n6-c3ccccc3)cc2)cc1. The second-order valence-corrected chi connectivity index (χ2v) is 20.3. The Balaban J connectivity index is 1.07. The van der Waals surface area contributed by atoms with Gasteiger partial charge in [-0.05, 0) is 108 Å². The summed E-state index contributed by atoms with van der Waals surface area (Å²) in [5, 5.41) is 13.0. The fourth-order valence-electron chi connectivity index (χ4n) is 10.2. The molecule has 0 aliphatic carbocycles. The smallest absolute Gasteiger partial charge is 0.179 e. The number of benzene rings is 11. The number of hydrogen-bond acceptors (Lipinski definition) is 1. The van der Waals surface area contributed by atoms with Gasteiger partial charge >= 0.3 is 0 Å². The van der Waals surface area contributed by atoms with Crippen LogP contribution in [0, 0.1) is 0 Å². The van der Waals surface area contributed by atoms with E-state index in [1.165, 1.54) is 75.2 Å². The third-order valence-electron chi connectivity index (χ3n) is 13.0. The third kappa shape index (κ3) is 6.08. The van der Waals surface area contributed by atoms with E-state index in [4.69, 9.17) is 0 Å². The van der Waals surface area contributed by atoms with E-state index >= 15 is 0 Å². The van der Waals surface area contributed by atoms with Crippen LogP contribution in [0.5, 0.6) is 0 Å². The van der Waals surface area contributed by atoms with Crippen LogP contribution in [0.1, 0.15) is 0 Å². The van der Waals surface area contributed by atoms with E-state index < -0.39 is 8.07 Å². The second kappa shape index (κ2) is 15.2. The Bertz CT molecular complexity index is 3430. The summed E-state index contributed by atoms with van der Waals surface area (Å²) in [6.45, 7) is 0. The van der Waals surface area contributed by atoms with Gasteiger partial charge < -0.3 is 9.47 Å². The molecule has 12 aromatic rings. The van der Waals surface area contributed by atoms with Crippen molar-refractivity contribution in [1.29, 1.82) is 0 Å². The summed E-state index contributed by atoms with van der Waals surface area (Å²) >= 11 is 0. The molecular weight excluding hydrogens is 777 g/mol. The molecule has 0 aliphatic rings. The van der Waals surface area contributed by atoms with Gasteiger partial charge in [0.25, 0.3) is 0 Å². The molecule has 12 rings (SSSR count). The summed E-state index contributed by atoms with van der Waals surface area (Å²) in [5.74, 6) is 0. The molecule has 0 radical (unpaired) electrons. The Labute approximate surface area is 368 Å². The van der Waals surface area contributed by atoms with Crippen LogP contribution in [0.4, 0.5) is 17.1 Å². The maximum Gasteiger partial charge on any atom is 0.179 e. The largest absolute Gasteiger partial charge is 0.310 e. The minimum absolute atomic E-state index is 1.10. The van der Waals surface area contributed by atoms with E-state index in [2.05, 4.69) is 264 Å². The van der Waals surface area contributed by atoms with Gasteiger partial charge in [0.2, 0.25) is 0 Å². The molecule has 1 aromatic heterocycles. The molecule has 0 atom stereocenters. The first kappa shape index (κ1) is 36.8. The van der Waals surface area contributed by atoms with Crippen LogP contribution >= 0.6 is 0 Å². The molecule has 11 aromatic carbocycles. The topological polar surface area (TPSA) is 8.17 Å². The highest BCUT2D eigenvalue weighted by molar-refractivity contribution is 7.20. The van der Waals surface area contributed by atoms with Crippen molar-refractivity contribution in [2.75, 3.05) is 4.90 Å². The van der Waals surface area contributed by atoms with Gasteiger partial charge in [-0.3, -0.25) is 0 Å². The first-order valence-electron chi connectivity index (χ1n) is 21.8. The first-order chi connectivity index (χ1) is 31.2. The third-order valence-corrected chi connectivity index (χ3v) is 17.8. The molecule has 0 spiro atoms. The molecule has 0 N–H and O–H groups in total. The number of hydrogen-bond donors (Lipinski definition) is 0. The van der Waals surface area contributed by atoms with Crippen LogP contribution in [0.15, 0.2) is 255 Å². The molecule has 0 saturated carbocycles. The molecule has 0 amide bonds. The van der Waals surface area contributed by atoms with Crippen LogP contribution < -0.4 is 25.6 Å². The van der Waals surface area contributed by atoms with E-state index in [1.807, 2.05) is 0 Å². The zero-order chi connectivity index (χ0) is 41.7. The predicted molar refractivity (Wildman–Crippen MR) is 271 cm³/mol. The molecule has 2 nitrogen and oxygen atoms in total. The maximum absolute atomic E-state index is 2.69. The molecular formula is C60H42N2Si. The average molecular weight is 819 g/mol. The summed E-state index contributed by atoms with van der Waals surface area (Å²) in [5.41, 5.74) is 9.28. The monoisotopic (exact) mass is 818 g/mol. The molecule has 0 saturated heterocycles. The summed E-state index contributed by atoms with van der Waals surface area (Å²) in [4.78, 5) is 2.44. The number of nitrogens with zero attached hydrogens (tertiary/aromatic N) is 2. The number of fused-ring (bicyclic) bond motifs is 1. The lowest BCUT2D eigenvalue weighted by Crippen LogP contribution is -2.74. The van der Waals surface area contributed by atoms with E-state index in [9.17, 15) is 0 Å². The highest BCUT2D eigenvalue weighted by atomic mass is 28.3. The molecule has 296 valence electrons. The number of para-hydroxylation sites is 1. The highest BCUT2D eigenvalue weighted by Crippen LogP contribution is 2.44. The standard InChI is InChI=1S/C60H42N2Si/c1-6-17-43(18-7-1)44-31-35-50(36-32-44)61(52-40-48-30-29-45-19-16-28-57-59(45)60(48)58(42-52)62(57)49-20-8-2-9-21-49)51-37-33-47-41-56(38-34-46(47)39-51)63(53-22-10-3-11-23-53,54-24-12-4-13-25-54)55-26-14-5-15-27-55/h1-42H. The Hall–Kier alpha value is -7.98. The molecule has 0 unspecified atom stereocenters. The molecule has 3 heteroatoms. The van der Waals surface area contributed by atoms with Crippen molar-refractivity contribution in [3.63, 3.8) is 0 Å². The lowest BCUT2D eigenvalue weighted by atomic mass is 10.0. The van der Waals surface area contributed by atoms with Crippen LogP contribution in [0.2, 0.25) is 0 Å². The zero-order valence-corrected chi connectivity index (χ0v) is 35.6. The van der Waals surface area contributed by atoms with Crippen molar-refractivity contribution in [1.82, 2.24) is 4.57 Å². The summed E-state index contributed by atoms with van der Waals surface area (Å²) in [6, 6.07) is 94.2. The summed E-state index contributed by atoms with van der Waals surface area (Å²) in [7, 11) is -2.69. The minimum atomic E-state index is -2.69. The van der Waals surface area contributed by atoms with E-state index in [0.717, 1.165) is 22.7 Å². The Morgan fingerprint density at radius 3 is 1.43 bits per heavy atom. The van der Waals surface area contributed by atoms with Gasteiger partial charge in [0.1, 0.15) is 0 Å². The molecule has 63 heavy (non-hydrogen) atoms. The van der Waals surface area contributed by atoms with Gasteiger partial charge in [-0.2, -0.15) is 0 Å². The fourth-order valence-corrected chi connectivity index (χ4v) is 15.0. The summed E-state index contributed by atoms with van der Waals surface area (Å²) < 4.78 is 2.44. The maximum atomic E-state index is 2.47. The molecule has 0 aliphatic heterocycles. The molecule has 1 heterocycles. The van der Waals surface area contributed by atoms with Crippen molar-refractivity contribution in [3.05, 3.63) is 255 Å². The second-order valence-electron chi connectivity index (χ2n) is 16.5. The first-order valence-corrected chi connectivity index (χ1v) is 23.8. The quantitative estimate of drug-likeness (QED) is 0.0800. The van der Waals surface area contributed by atoms with E-state index in [0.29, 0.717) is 0 Å².